The van der Waals surface area contributed by atoms with Gasteiger partial charge in [0.05, 0.1) is 4.92 Å². The molecule has 6 heteroatoms. The minimum atomic E-state index is -0.498. The van der Waals surface area contributed by atoms with Gasteiger partial charge in [-0.3, -0.25) is 14.9 Å². The number of nitro groups is 1. The summed E-state index contributed by atoms with van der Waals surface area (Å²) in [5, 5.41) is 11.1. The van der Waals surface area contributed by atoms with Gasteiger partial charge in [0.2, 0.25) is 0 Å². The van der Waals surface area contributed by atoms with Crippen LogP contribution in [0.4, 0.5) is 5.69 Å². The molecule has 0 bridgehead atoms. The lowest BCUT2D eigenvalue weighted by Crippen LogP contribution is -2.32. The monoisotopic (exact) mass is 263 g/mol. The summed E-state index contributed by atoms with van der Waals surface area (Å²) in [7, 11) is 0. The second-order valence-electron chi connectivity index (χ2n) is 5.08. The van der Waals surface area contributed by atoms with E-state index >= 15 is 0 Å². The Morgan fingerprint density at radius 3 is 2.68 bits per heavy atom. The smallest absolute Gasteiger partial charge is 0.285 e. The van der Waals surface area contributed by atoms with Crippen LogP contribution in [0.3, 0.4) is 0 Å². The van der Waals surface area contributed by atoms with Crippen LogP contribution in [-0.2, 0) is 0 Å². The van der Waals surface area contributed by atoms with Crippen LogP contribution in [0.15, 0.2) is 18.2 Å². The lowest BCUT2D eigenvalue weighted by Gasteiger charge is -2.16. The van der Waals surface area contributed by atoms with Crippen LogP contribution in [-0.4, -0.2) is 34.9 Å². The van der Waals surface area contributed by atoms with Gasteiger partial charge in [0.25, 0.3) is 11.6 Å². The van der Waals surface area contributed by atoms with Gasteiger partial charge in [0.1, 0.15) is 5.56 Å². The van der Waals surface area contributed by atoms with E-state index in [0.29, 0.717) is 18.7 Å². The van der Waals surface area contributed by atoms with E-state index in [1.54, 1.807) is 24.0 Å². The Labute approximate surface area is 111 Å². The highest BCUT2D eigenvalue weighted by atomic mass is 16.6. The van der Waals surface area contributed by atoms with E-state index in [1.807, 2.05) is 6.92 Å². The summed E-state index contributed by atoms with van der Waals surface area (Å²) in [5.41, 5.74) is 6.41. The number of amides is 1. The van der Waals surface area contributed by atoms with Gasteiger partial charge >= 0.3 is 0 Å². The number of hydrogen-bond donors (Lipinski definition) is 1. The summed E-state index contributed by atoms with van der Waals surface area (Å²) in [5.74, 6) is -0.0944. The molecule has 0 aromatic heterocycles. The zero-order chi connectivity index (χ0) is 14.2. The quantitative estimate of drug-likeness (QED) is 0.643. The number of carbonyl (C=O) groups excluding carboxylic acids is 1. The van der Waals surface area contributed by atoms with Crippen molar-refractivity contribution < 1.29 is 9.72 Å². The van der Waals surface area contributed by atoms with Gasteiger partial charge < -0.3 is 10.6 Å². The van der Waals surface area contributed by atoms with Crippen LogP contribution in [0.5, 0.6) is 0 Å². The van der Waals surface area contributed by atoms with Crippen molar-refractivity contribution in [3.63, 3.8) is 0 Å². The fraction of sp³-hybridized carbons (Fsp3) is 0.462. The van der Waals surface area contributed by atoms with Crippen molar-refractivity contribution >= 4 is 11.6 Å². The number of carbonyl (C=O) groups is 1. The fourth-order valence-electron chi connectivity index (χ4n) is 2.40. The minimum Gasteiger partial charge on any atom is -0.337 e. The Hall–Kier alpha value is -1.95. The molecule has 0 radical (unpaired) electrons. The molecule has 1 aromatic rings. The number of aryl methyl sites for hydroxylation is 1. The number of nitrogens with two attached hydrogens (primary N) is 1. The second kappa shape index (κ2) is 4.97. The van der Waals surface area contributed by atoms with Gasteiger partial charge in [-0.15, -0.1) is 0 Å². The number of nitrogens with zero attached hydrogens (tertiary/aromatic N) is 2. The first-order valence-electron chi connectivity index (χ1n) is 6.20. The van der Waals surface area contributed by atoms with Gasteiger partial charge in [-0.25, -0.2) is 0 Å². The largest absolute Gasteiger partial charge is 0.337 e. The Kier molecular flexibility index (Phi) is 3.53. The highest BCUT2D eigenvalue weighted by molar-refractivity contribution is 5.98. The van der Waals surface area contributed by atoms with Crippen LogP contribution in [0.1, 0.15) is 22.8 Å². The number of likely N-dealkylation sites (tertiary alicyclic amines) is 1. The molecule has 102 valence electrons. The second-order valence-corrected chi connectivity index (χ2v) is 5.08. The summed E-state index contributed by atoms with van der Waals surface area (Å²) in [6, 6.07) is 4.73. The van der Waals surface area contributed by atoms with E-state index in [2.05, 4.69) is 0 Å². The molecular weight excluding hydrogens is 246 g/mol. The highest BCUT2D eigenvalue weighted by Gasteiger charge is 2.33. The third kappa shape index (κ3) is 2.44. The highest BCUT2D eigenvalue weighted by Crippen LogP contribution is 2.26. The molecule has 1 saturated heterocycles. The van der Waals surface area contributed by atoms with E-state index < -0.39 is 4.92 Å². The molecule has 2 unspecified atom stereocenters. The number of rotatable bonds is 2. The molecule has 1 amide bonds. The maximum Gasteiger partial charge on any atom is 0.285 e. The zero-order valence-electron chi connectivity index (χ0n) is 11.0. The minimum absolute atomic E-state index is 0.0622. The topological polar surface area (TPSA) is 89.5 Å². The molecule has 0 aliphatic carbocycles. The first-order valence-corrected chi connectivity index (χ1v) is 6.20. The molecule has 6 nitrogen and oxygen atoms in total. The third-order valence-electron chi connectivity index (χ3n) is 3.61. The average molecular weight is 263 g/mol. The fourth-order valence-corrected chi connectivity index (χ4v) is 2.40. The molecule has 0 spiro atoms. The molecule has 2 N–H and O–H groups in total. The van der Waals surface area contributed by atoms with Crippen molar-refractivity contribution in [2.24, 2.45) is 11.7 Å². The van der Waals surface area contributed by atoms with Crippen molar-refractivity contribution in [1.29, 1.82) is 0 Å². The van der Waals surface area contributed by atoms with Crippen LogP contribution in [0.2, 0.25) is 0 Å². The molecule has 1 aromatic carbocycles. The Morgan fingerprint density at radius 2 is 2.16 bits per heavy atom. The standard InChI is InChI=1S/C13H17N3O3/c1-8-4-3-5-10(12(8)16(18)19)13(17)15-6-9(2)11(14)7-15/h3-5,9,11H,6-7,14H2,1-2H3. The van der Waals surface area contributed by atoms with Gasteiger partial charge in [-0.1, -0.05) is 19.1 Å². The third-order valence-corrected chi connectivity index (χ3v) is 3.61. The number of para-hydroxylation sites is 1. The number of benzene rings is 1. The Morgan fingerprint density at radius 1 is 1.47 bits per heavy atom. The van der Waals surface area contributed by atoms with E-state index in [1.165, 1.54) is 6.07 Å². The predicted octanol–water partition coefficient (Wildman–Crippen LogP) is 1.32. The summed E-state index contributed by atoms with van der Waals surface area (Å²) >= 11 is 0. The SMILES string of the molecule is Cc1cccc(C(=O)N2CC(C)C(N)C2)c1[N+](=O)[O-]. The van der Waals surface area contributed by atoms with E-state index in [-0.39, 0.29) is 29.1 Å². The molecule has 0 saturated carbocycles. The first kappa shape index (κ1) is 13.5. The predicted molar refractivity (Wildman–Crippen MR) is 70.9 cm³/mol. The van der Waals surface area contributed by atoms with E-state index in [9.17, 15) is 14.9 Å². The van der Waals surface area contributed by atoms with Gasteiger partial charge in [-0.05, 0) is 18.9 Å². The lowest BCUT2D eigenvalue weighted by atomic mass is 10.1. The molecular formula is C13H17N3O3. The normalized spacial score (nSPS) is 22.6. The van der Waals surface area contributed by atoms with Crippen molar-refractivity contribution in [1.82, 2.24) is 4.90 Å². The average Bonchev–Trinajstić information content (AvgIpc) is 2.68. The summed E-state index contributed by atoms with van der Waals surface area (Å²) < 4.78 is 0. The maximum absolute atomic E-state index is 12.4. The summed E-state index contributed by atoms with van der Waals surface area (Å²) in [6.45, 7) is 4.60. The van der Waals surface area contributed by atoms with Crippen LogP contribution in [0.25, 0.3) is 0 Å². The molecule has 1 aliphatic heterocycles. The number of hydrogen-bond acceptors (Lipinski definition) is 4. The van der Waals surface area contributed by atoms with Gasteiger partial charge in [-0.2, -0.15) is 0 Å². The first-order chi connectivity index (χ1) is 8.91. The zero-order valence-corrected chi connectivity index (χ0v) is 11.0. The Balaban J connectivity index is 2.35. The maximum atomic E-state index is 12.4. The summed E-state index contributed by atoms with van der Waals surface area (Å²) in [4.78, 5) is 24.6. The van der Waals surface area contributed by atoms with Crippen LogP contribution >= 0.6 is 0 Å². The molecule has 2 rings (SSSR count). The molecule has 1 aliphatic rings. The van der Waals surface area contributed by atoms with Gasteiger partial charge in [0, 0.05) is 24.7 Å². The van der Waals surface area contributed by atoms with Crippen molar-refractivity contribution in [2.75, 3.05) is 13.1 Å². The molecule has 1 heterocycles. The molecule has 1 fully saturated rings. The number of nitro benzene ring substituents is 1. The van der Waals surface area contributed by atoms with Crippen molar-refractivity contribution in [3.05, 3.63) is 39.4 Å². The van der Waals surface area contributed by atoms with E-state index in [4.69, 9.17) is 5.73 Å². The van der Waals surface area contributed by atoms with Gasteiger partial charge in [0.15, 0.2) is 0 Å². The van der Waals surface area contributed by atoms with Crippen molar-refractivity contribution in [2.45, 2.75) is 19.9 Å². The Bertz CT molecular complexity index is 520. The summed E-state index contributed by atoms with van der Waals surface area (Å²) in [6.07, 6.45) is 0. The molecule has 19 heavy (non-hydrogen) atoms. The van der Waals surface area contributed by atoms with Crippen LogP contribution in [0, 0.1) is 23.0 Å². The van der Waals surface area contributed by atoms with Crippen molar-refractivity contribution in [3.8, 4) is 0 Å². The van der Waals surface area contributed by atoms with E-state index in [0.717, 1.165) is 0 Å². The lowest BCUT2D eigenvalue weighted by molar-refractivity contribution is -0.385. The van der Waals surface area contributed by atoms with Crippen LogP contribution < -0.4 is 5.73 Å². The molecule has 2 atom stereocenters.